The van der Waals surface area contributed by atoms with Crippen LogP contribution in [0.1, 0.15) is 49.6 Å². The first-order chi connectivity index (χ1) is 9.95. The summed E-state index contributed by atoms with van der Waals surface area (Å²) in [6.45, 7) is 10.8. The van der Waals surface area contributed by atoms with E-state index in [-0.39, 0.29) is 11.5 Å². The first-order valence-electron chi connectivity index (χ1n) is 7.66. The zero-order valence-corrected chi connectivity index (χ0v) is 13.3. The van der Waals surface area contributed by atoms with E-state index in [1.165, 1.54) is 11.1 Å². The van der Waals surface area contributed by atoms with Gasteiger partial charge in [-0.25, -0.2) is 0 Å². The van der Waals surface area contributed by atoms with Crippen LogP contribution in [0.3, 0.4) is 0 Å². The highest BCUT2D eigenvalue weighted by Crippen LogP contribution is 2.33. The van der Waals surface area contributed by atoms with Gasteiger partial charge in [-0.1, -0.05) is 50.6 Å². The smallest absolute Gasteiger partial charge is 0.150 e. The topological polar surface area (TPSA) is 42.7 Å². The number of nitrogens with zero attached hydrogens (tertiary/aromatic N) is 3. The molecule has 1 N–H and O–H groups in total. The van der Waals surface area contributed by atoms with Gasteiger partial charge in [-0.05, 0) is 17.9 Å². The van der Waals surface area contributed by atoms with E-state index in [2.05, 4.69) is 72.0 Å². The molecule has 4 heteroatoms. The number of aromatic nitrogens is 3. The second kappa shape index (κ2) is 5.26. The summed E-state index contributed by atoms with van der Waals surface area (Å²) in [7, 11) is 0. The molecule has 0 fully saturated rings. The van der Waals surface area contributed by atoms with Gasteiger partial charge in [0.2, 0.25) is 0 Å². The molecular formula is C17H24N4. The normalized spacial score (nSPS) is 18.6. The zero-order chi connectivity index (χ0) is 15.0. The molecule has 0 saturated carbocycles. The molecule has 112 valence electrons. The Morgan fingerprint density at radius 2 is 1.90 bits per heavy atom. The minimum atomic E-state index is 0.145. The molecule has 1 atom stereocenters. The number of nitrogens with one attached hydrogen (secondary N) is 1. The molecule has 0 aliphatic carbocycles. The molecule has 0 spiro atoms. The summed E-state index contributed by atoms with van der Waals surface area (Å²) >= 11 is 0. The lowest BCUT2D eigenvalue weighted by Crippen LogP contribution is -2.41. The summed E-state index contributed by atoms with van der Waals surface area (Å²) in [4.78, 5) is 0. The quantitative estimate of drug-likeness (QED) is 0.922. The van der Waals surface area contributed by atoms with E-state index in [0.717, 1.165) is 31.2 Å². The van der Waals surface area contributed by atoms with Gasteiger partial charge in [0.25, 0.3) is 0 Å². The van der Waals surface area contributed by atoms with Crippen LogP contribution in [0.5, 0.6) is 0 Å². The van der Waals surface area contributed by atoms with Gasteiger partial charge in [0.1, 0.15) is 5.82 Å². The predicted molar refractivity (Wildman–Crippen MR) is 84.2 cm³/mol. The molecule has 1 aromatic carbocycles. The molecule has 0 bridgehead atoms. The highest BCUT2D eigenvalue weighted by Gasteiger charge is 2.33. The van der Waals surface area contributed by atoms with Crippen molar-refractivity contribution in [3.8, 4) is 0 Å². The van der Waals surface area contributed by atoms with Crippen molar-refractivity contribution >= 4 is 0 Å². The van der Waals surface area contributed by atoms with E-state index in [0.29, 0.717) is 0 Å². The van der Waals surface area contributed by atoms with Crippen LogP contribution in [0, 0.1) is 12.3 Å². The van der Waals surface area contributed by atoms with E-state index >= 15 is 0 Å². The first-order valence-corrected chi connectivity index (χ1v) is 7.66. The Morgan fingerprint density at radius 1 is 1.19 bits per heavy atom. The summed E-state index contributed by atoms with van der Waals surface area (Å²) in [6, 6.07) is 8.94. The molecular weight excluding hydrogens is 260 g/mol. The summed E-state index contributed by atoms with van der Waals surface area (Å²) in [5.41, 5.74) is 2.73. The van der Waals surface area contributed by atoms with Crippen LogP contribution >= 0.6 is 0 Å². The fraction of sp³-hybridized carbons (Fsp3) is 0.529. The minimum Gasteiger partial charge on any atom is -0.312 e. The third-order valence-corrected chi connectivity index (χ3v) is 4.15. The average Bonchev–Trinajstić information content (AvgIpc) is 2.83. The molecule has 0 saturated heterocycles. The third kappa shape index (κ3) is 2.86. The molecule has 1 aliphatic rings. The largest absolute Gasteiger partial charge is 0.312 e. The lowest BCUT2D eigenvalue weighted by atomic mass is 9.85. The highest BCUT2D eigenvalue weighted by molar-refractivity contribution is 5.24. The van der Waals surface area contributed by atoms with Gasteiger partial charge in [-0.3, -0.25) is 0 Å². The van der Waals surface area contributed by atoms with Crippen molar-refractivity contribution < 1.29 is 0 Å². The molecule has 0 radical (unpaired) electrons. The molecule has 2 aromatic rings. The second-order valence-electron chi connectivity index (χ2n) is 7.04. The van der Waals surface area contributed by atoms with Gasteiger partial charge in [0.15, 0.2) is 5.82 Å². The van der Waals surface area contributed by atoms with E-state index in [4.69, 9.17) is 0 Å². The maximum atomic E-state index is 4.47. The average molecular weight is 284 g/mol. The van der Waals surface area contributed by atoms with Gasteiger partial charge < -0.3 is 9.88 Å². The number of hydrogen-bond acceptors (Lipinski definition) is 3. The van der Waals surface area contributed by atoms with Crippen LogP contribution in [-0.2, 0) is 13.0 Å². The van der Waals surface area contributed by atoms with Crippen LogP contribution in [0.4, 0.5) is 0 Å². The van der Waals surface area contributed by atoms with Crippen molar-refractivity contribution in [3.63, 3.8) is 0 Å². The monoisotopic (exact) mass is 284 g/mol. The molecule has 1 aliphatic heterocycles. The second-order valence-corrected chi connectivity index (χ2v) is 7.04. The van der Waals surface area contributed by atoms with Crippen molar-refractivity contribution in [2.45, 2.75) is 46.7 Å². The fourth-order valence-corrected chi connectivity index (χ4v) is 2.93. The standard InChI is InChI=1S/C17H24N4/c1-12-5-7-13(8-6-12)11-14-19-20-16-15(17(2,3)4)18-9-10-21(14)16/h5-8,15,18H,9-11H2,1-4H3. The Morgan fingerprint density at radius 3 is 2.57 bits per heavy atom. The Labute approximate surface area is 126 Å². The van der Waals surface area contributed by atoms with Gasteiger partial charge >= 0.3 is 0 Å². The maximum absolute atomic E-state index is 4.47. The van der Waals surface area contributed by atoms with E-state index in [9.17, 15) is 0 Å². The number of fused-ring (bicyclic) bond motifs is 1. The van der Waals surface area contributed by atoms with Crippen LogP contribution in [0.2, 0.25) is 0 Å². The van der Waals surface area contributed by atoms with Crippen molar-refractivity contribution in [2.24, 2.45) is 5.41 Å². The molecule has 1 aromatic heterocycles. The van der Waals surface area contributed by atoms with Crippen molar-refractivity contribution in [3.05, 3.63) is 47.0 Å². The van der Waals surface area contributed by atoms with Crippen LogP contribution in [0.25, 0.3) is 0 Å². The predicted octanol–water partition coefficient (Wildman–Crippen LogP) is 2.87. The summed E-state index contributed by atoms with van der Waals surface area (Å²) in [5, 5.41) is 12.5. The number of aryl methyl sites for hydroxylation is 1. The van der Waals surface area contributed by atoms with Gasteiger partial charge in [0, 0.05) is 19.5 Å². The van der Waals surface area contributed by atoms with E-state index < -0.39 is 0 Å². The Hall–Kier alpha value is -1.68. The lowest BCUT2D eigenvalue weighted by molar-refractivity contribution is 0.232. The first kappa shape index (κ1) is 14.3. The van der Waals surface area contributed by atoms with Gasteiger partial charge in [-0.15, -0.1) is 10.2 Å². The number of rotatable bonds is 2. The van der Waals surface area contributed by atoms with Crippen LogP contribution in [0.15, 0.2) is 24.3 Å². The summed E-state index contributed by atoms with van der Waals surface area (Å²) in [6.07, 6.45) is 0.851. The summed E-state index contributed by atoms with van der Waals surface area (Å²) < 4.78 is 2.30. The Kier molecular flexibility index (Phi) is 3.57. The number of hydrogen-bond donors (Lipinski definition) is 1. The SMILES string of the molecule is Cc1ccc(Cc2nnc3n2CCNC3C(C)(C)C)cc1. The highest BCUT2D eigenvalue weighted by atomic mass is 15.3. The maximum Gasteiger partial charge on any atom is 0.150 e. The fourth-order valence-electron chi connectivity index (χ4n) is 2.93. The van der Waals surface area contributed by atoms with E-state index in [1.807, 2.05) is 0 Å². The molecule has 1 unspecified atom stereocenters. The molecule has 2 heterocycles. The molecule has 0 amide bonds. The molecule has 21 heavy (non-hydrogen) atoms. The summed E-state index contributed by atoms with van der Waals surface area (Å²) in [5.74, 6) is 2.15. The van der Waals surface area contributed by atoms with Crippen LogP contribution in [-0.4, -0.2) is 21.3 Å². The van der Waals surface area contributed by atoms with Gasteiger partial charge in [0.05, 0.1) is 6.04 Å². The Bertz CT molecular complexity index is 619. The number of benzene rings is 1. The molecule has 4 nitrogen and oxygen atoms in total. The van der Waals surface area contributed by atoms with Crippen molar-refractivity contribution in [1.29, 1.82) is 0 Å². The van der Waals surface area contributed by atoms with Crippen molar-refractivity contribution in [1.82, 2.24) is 20.1 Å². The van der Waals surface area contributed by atoms with Crippen molar-refractivity contribution in [2.75, 3.05) is 6.54 Å². The minimum absolute atomic E-state index is 0.145. The van der Waals surface area contributed by atoms with Crippen LogP contribution < -0.4 is 5.32 Å². The zero-order valence-electron chi connectivity index (χ0n) is 13.3. The van der Waals surface area contributed by atoms with Gasteiger partial charge in [-0.2, -0.15) is 0 Å². The molecule has 3 rings (SSSR count). The third-order valence-electron chi connectivity index (χ3n) is 4.15. The lowest BCUT2D eigenvalue weighted by Gasteiger charge is -2.34. The Balaban J connectivity index is 1.89. The van der Waals surface area contributed by atoms with E-state index in [1.54, 1.807) is 0 Å².